The minimum atomic E-state index is -4.63. The molecule has 0 aliphatic rings. The largest absolute Gasteiger partial charge is 0.756 e. The van der Waals surface area contributed by atoms with E-state index in [-0.39, 0.29) is 26.1 Å². The Morgan fingerprint density at radius 2 is 1.04 bits per heavy atom. The third kappa shape index (κ3) is 41.2. The lowest BCUT2D eigenvalue weighted by molar-refractivity contribution is -0.870. The molecule has 0 rings (SSSR count). The fourth-order valence-corrected chi connectivity index (χ4v) is 6.17. The van der Waals surface area contributed by atoms with Crippen LogP contribution in [0.4, 0.5) is 0 Å². The number of allylic oxidation sites excluding steroid dienone is 10. The van der Waals surface area contributed by atoms with E-state index in [9.17, 15) is 19.0 Å². The Morgan fingerprint density at radius 1 is 0.582 bits per heavy atom. The Balaban J connectivity index is 4.44. The normalized spacial score (nSPS) is 14.2. The van der Waals surface area contributed by atoms with E-state index in [2.05, 4.69) is 74.6 Å². The van der Waals surface area contributed by atoms with Crippen LogP contribution in [0.5, 0.6) is 0 Å². The van der Waals surface area contributed by atoms with Crippen molar-refractivity contribution in [3.8, 4) is 0 Å². The molecule has 0 aliphatic heterocycles. The van der Waals surface area contributed by atoms with Crippen molar-refractivity contribution in [2.24, 2.45) is 0 Å². The second kappa shape index (κ2) is 37.3. The maximum atomic E-state index is 12.7. The van der Waals surface area contributed by atoms with Crippen molar-refractivity contribution in [2.75, 3.05) is 47.5 Å². The molecule has 1 unspecified atom stereocenters. The highest BCUT2D eigenvalue weighted by Gasteiger charge is 2.21. The summed E-state index contributed by atoms with van der Waals surface area (Å²) in [5.41, 5.74) is 0. The molecular formula is C45H80NO8P. The van der Waals surface area contributed by atoms with E-state index in [0.717, 1.165) is 70.6 Å². The molecule has 0 fully saturated rings. The molecule has 0 N–H and O–H groups in total. The molecule has 0 aliphatic carbocycles. The van der Waals surface area contributed by atoms with Gasteiger partial charge in [0, 0.05) is 12.8 Å². The SMILES string of the molecule is CC/C=C/C/C=C/C/C=C/C/C=C/C/C=C/CCCCCC(=O)O[C@H](COC(=O)CCCCCCCCCCCCCC)COP(=O)([O-])OCC[N+](C)(C)C. The summed E-state index contributed by atoms with van der Waals surface area (Å²) >= 11 is 0. The lowest BCUT2D eigenvalue weighted by Crippen LogP contribution is -2.37. The first-order chi connectivity index (χ1) is 26.5. The maximum Gasteiger partial charge on any atom is 0.306 e. The fraction of sp³-hybridized carbons (Fsp3) is 0.733. The molecule has 0 saturated heterocycles. The Hall–Kier alpha value is -2.29. The summed E-state index contributed by atoms with van der Waals surface area (Å²) in [7, 11) is 1.14. The average Bonchev–Trinajstić information content (AvgIpc) is 3.13. The Bertz CT molecular complexity index is 1120. The zero-order valence-electron chi connectivity index (χ0n) is 35.6. The first kappa shape index (κ1) is 52.7. The Labute approximate surface area is 336 Å². The summed E-state index contributed by atoms with van der Waals surface area (Å²) in [5.74, 6) is -0.875. The summed E-state index contributed by atoms with van der Waals surface area (Å²) in [4.78, 5) is 37.5. The number of nitrogens with zero attached hydrogens (tertiary/aromatic N) is 1. The van der Waals surface area contributed by atoms with Gasteiger partial charge in [-0.3, -0.25) is 14.2 Å². The van der Waals surface area contributed by atoms with Crippen LogP contribution in [0.15, 0.2) is 60.8 Å². The van der Waals surface area contributed by atoms with E-state index in [0.29, 0.717) is 17.4 Å². The van der Waals surface area contributed by atoms with Gasteiger partial charge in [-0.05, 0) is 57.8 Å². The van der Waals surface area contributed by atoms with E-state index in [1.807, 2.05) is 21.1 Å². The van der Waals surface area contributed by atoms with Crippen LogP contribution in [0.25, 0.3) is 0 Å². The highest BCUT2D eigenvalue weighted by Crippen LogP contribution is 2.38. The number of unbranched alkanes of at least 4 members (excludes halogenated alkanes) is 14. The van der Waals surface area contributed by atoms with Crippen molar-refractivity contribution in [3.63, 3.8) is 0 Å². The second-order valence-corrected chi connectivity index (χ2v) is 16.7. The van der Waals surface area contributed by atoms with Gasteiger partial charge in [0.25, 0.3) is 7.82 Å². The number of quaternary nitrogens is 1. The molecule has 0 heterocycles. The Kier molecular flexibility index (Phi) is 35.7. The topological polar surface area (TPSA) is 111 Å². The molecule has 0 saturated carbocycles. The number of hydrogen-bond donors (Lipinski definition) is 0. The van der Waals surface area contributed by atoms with Crippen LogP contribution in [0, 0.1) is 0 Å². The maximum absolute atomic E-state index is 12.7. The summed E-state index contributed by atoms with van der Waals surface area (Å²) in [6, 6.07) is 0. The van der Waals surface area contributed by atoms with Gasteiger partial charge in [-0.2, -0.15) is 0 Å². The molecule has 0 spiro atoms. The Morgan fingerprint density at radius 3 is 1.55 bits per heavy atom. The van der Waals surface area contributed by atoms with Gasteiger partial charge in [0.2, 0.25) is 0 Å². The van der Waals surface area contributed by atoms with E-state index in [4.69, 9.17) is 18.5 Å². The van der Waals surface area contributed by atoms with Gasteiger partial charge in [-0.1, -0.05) is 152 Å². The van der Waals surface area contributed by atoms with Crippen LogP contribution in [-0.2, 0) is 32.7 Å². The van der Waals surface area contributed by atoms with E-state index in [1.54, 1.807) is 0 Å². The highest BCUT2D eigenvalue weighted by molar-refractivity contribution is 7.45. The van der Waals surface area contributed by atoms with Crippen molar-refractivity contribution in [3.05, 3.63) is 60.8 Å². The van der Waals surface area contributed by atoms with Crippen LogP contribution in [0.2, 0.25) is 0 Å². The summed E-state index contributed by atoms with van der Waals surface area (Å²) < 4.78 is 33.8. The van der Waals surface area contributed by atoms with Crippen molar-refractivity contribution >= 4 is 19.8 Å². The zero-order valence-corrected chi connectivity index (χ0v) is 36.5. The third-order valence-corrected chi connectivity index (χ3v) is 9.77. The summed E-state index contributed by atoms with van der Waals surface area (Å²) in [6.07, 6.45) is 43.9. The average molecular weight is 794 g/mol. The lowest BCUT2D eigenvalue weighted by Gasteiger charge is -2.28. The predicted molar refractivity (Wildman–Crippen MR) is 226 cm³/mol. The number of ether oxygens (including phenoxy) is 2. The van der Waals surface area contributed by atoms with Crippen LogP contribution in [-0.4, -0.2) is 70.0 Å². The number of hydrogen-bond acceptors (Lipinski definition) is 8. The molecule has 2 atom stereocenters. The lowest BCUT2D eigenvalue weighted by atomic mass is 10.0. The van der Waals surface area contributed by atoms with Gasteiger partial charge in [-0.15, -0.1) is 0 Å². The third-order valence-electron chi connectivity index (χ3n) is 8.80. The van der Waals surface area contributed by atoms with Crippen molar-refractivity contribution < 1.29 is 42.1 Å². The van der Waals surface area contributed by atoms with Crippen LogP contribution >= 0.6 is 7.82 Å². The van der Waals surface area contributed by atoms with Crippen LogP contribution in [0.3, 0.4) is 0 Å². The standard InChI is InChI=1S/C45H80NO8P/c1-6-8-10-12-14-16-18-20-21-22-23-24-25-26-28-30-32-34-36-38-45(48)54-43(42-53-55(49,50)52-40-39-46(3,4)5)41-51-44(47)37-35-33-31-29-27-19-17-15-13-11-9-7-2/h8,10,14,16,20-21,23-24,26,28,43H,6-7,9,11-13,15,17-19,22,25,27,29-42H2,1-5H3/b10-8+,16-14+,21-20+,24-23+,28-26+/t43-/m1/s1. The quantitative estimate of drug-likeness (QED) is 0.0200. The molecule has 0 aromatic carbocycles. The molecule has 0 radical (unpaired) electrons. The highest BCUT2D eigenvalue weighted by atomic mass is 31.2. The van der Waals surface area contributed by atoms with Gasteiger partial charge < -0.3 is 27.9 Å². The van der Waals surface area contributed by atoms with Crippen LogP contribution < -0.4 is 4.89 Å². The zero-order chi connectivity index (χ0) is 40.7. The minimum absolute atomic E-state index is 0.0393. The fourth-order valence-electron chi connectivity index (χ4n) is 5.44. The van der Waals surface area contributed by atoms with Gasteiger partial charge in [0.1, 0.15) is 19.8 Å². The molecule has 0 aromatic rings. The molecule has 0 bridgehead atoms. The van der Waals surface area contributed by atoms with E-state index < -0.39 is 32.5 Å². The van der Waals surface area contributed by atoms with Crippen molar-refractivity contribution in [1.82, 2.24) is 0 Å². The second-order valence-electron chi connectivity index (χ2n) is 15.3. The molecule has 0 aromatic heterocycles. The smallest absolute Gasteiger partial charge is 0.306 e. The van der Waals surface area contributed by atoms with Gasteiger partial charge >= 0.3 is 11.9 Å². The number of esters is 2. The van der Waals surface area contributed by atoms with E-state index >= 15 is 0 Å². The number of rotatable bonds is 38. The van der Waals surface area contributed by atoms with Gasteiger partial charge in [-0.25, -0.2) is 0 Å². The number of carbonyl (C=O) groups is 2. The molecule has 55 heavy (non-hydrogen) atoms. The van der Waals surface area contributed by atoms with Crippen molar-refractivity contribution in [1.29, 1.82) is 0 Å². The van der Waals surface area contributed by atoms with E-state index in [1.165, 1.54) is 57.8 Å². The number of phosphoric acid groups is 1. The molecule has 0 amide bonds. The predicted octanol–water partition coefficient (Wildman–Crippen LogP) is 11.4. The summed E-state index contributed by atoms with van der Waals surface area (Å²) in [6.45, 7) is 4.05. The van der Waals surface area contributed by atoms with Gasteiger partial charge in [0.05, 0.1) is 27.7 Å². The van der Waals surface area contributed by atoms with Crippen molar-refractivity contribution in [2.45, 2.75) is 168 Å². The molecule has 10 heteroatoms. The summed E-state index contributed by atoms with van der Waals surface area (Å²) in [5, 5.41) is 0. The molecule has 318 valence electrons. The molecule has 9 nitrogen and oxygen atoms in total. The molecular weight excluding hydrogens is 713 g/mol. The van der Waals surface area contributed by atoms with Gasteiger partial charge in [0.15, 0.2) is 6.10 Å². The number of phosphoric ester groups is 1. The first-order valence-corrected chi connectivity index (χ1v) is 23.0. The number of likely N-dealkylation sites (N-methyl/N-ethyl adjacent to an activating group) is 1. The minimum Gasteiger partial charge on any atom is -0.756 e. The first-order valence-electron chi connectivity index (χ1n) is 21.5. The number of carbonyl (C=O) groups excluding carboxylic acids is 2. The monoisotopic (exact) mass is 794 g/mol. The van der Waals surface area contributed by atoms with Crippen LogP contribution in [0.1, 0.15) is 162 Å².